The van der Waals surface area contributed by atoms with Crippen LogP contribution in [0.2, 0.25) is 0 Å². The number of nitrogens with zero attached hydrogens (tertiary/aromatic N) is 4. The second-order valence-corrected chi connectivity index (χ2v) is 10.7. The average molecular weight is 473 g/mol. The molecule has 4 rings (SSSR count). The second-order valence-electron chi connectivity index (χ2n) is 8.77. The quantitative estimate of drug-likeness (QED) is 0.399. The van der Waals surface area contributed by atoms with Crippen LogP contribution in [0, 0.1) is 11.7 Å². The molecule has 2 aromatic carbocycles. The van der Waals surface area contributed by atoms with Crippen molar-refractivity contribution in [3.05, 3.63) is 53.8 Å². The first-order chi connectivity index (χ1) is 15.9. The highest BCUT2D eigenvalue weighted by atomic mass is 32.2. The summed E-state index contributed by atoms with van der Waals surface area (Å²) in [6.45, 7) is 9.27. The van der Waals surface area contributed by atoms with Crippen LogP contribution in [0.15, 0.2) is 47.4 Å². The van der Waals surface area contributed by atoms with Crippen LogP contribution in [0.1, 0.15) is 45.6 Å². The Balaban J connectivity index is 1.77. The van der Waals surface area contributed by atoms with Gasteiger partial charge in [-0.25, -0.2) is 12.8 Å². The molecule has 0 atom stereocenters. The van der Waals surface area contributed by atoms with E-state index < -0.39 is 10.0 Å². The van der Waals surface area contributed by atoms with Gasteiger partial charge < -0.3 is 4.90 Å². The van der Waals surface area contributed by atoms with Crippen LogP contribution in [-0.2, 0) is 16.6 Å². The van der Waals surface area contributed by atoms with Gasteiger partial charge in [-0.05, 0) is 74.9 Å². The Hall–Kier alpha value is -2.45. The van der Waals surface area contributed by atoms with Gasteiger partial charge in [-0.3, -0.25) is 4.68 Å². The monoisotopic (exact) mass is 472 g/mol. The highest BCUT2D eigenvalue weighted by molar-refractivity contribution is 7.89. The number of hydrogen-bond acceptors (Lipinski definition) is 4. The molecule has 0 amide bonds. The lowest BCUT2D eigenvalue weighted by molar-refractivity contribution is 0.396. The average Bonchev–Trinajstić information content (AvgIpc) is 3.57. The zero-order chi connectivity index (χ0) is 23.6. The lowest BCUT2D eigenvalue weighted by Gasteiger charge is -2.22. The van der Waals surface area contributed by atoms with Crippen LogP contribution in [0.5, 0.6) is 0 Å². The van der Waals surface area contributed by atoms with Crippen LogP contribution in [0.4, 0.5) is 10.2 Å². The molecular weight excluding hydrogens is 439 g/mol. The maximum Gasteiger partial charge on any atom is 0.243 e. The third-order valence-electron chi connectivity index (χ3n) is 6.28. The summed E-state index contributed by atoms with van der Waals surface area (Å²) in [7, 11) is -3.58. The smallest absolute Gasteiger partial charge is 0.243 e. The van der Waals surface area contributed by atoms with Crippen LogP contribution in [0.3, 0.4) is 0 Å². The minimum Gasteiger partial charge on any atom is -0.355 e. The Morgan fingerprint density at radius 1 is 1.06 bits per heavy atom. The Labute approximate surface area is 196 Å². The van der Waals surface area contributed by atoms with E-state index >= 15 is 0 Å². The zero-order valence-corrected chi connectivity index (χ0v) is 20.5. The maximum atomic E-state index is 13.5. The van der Waals surface area contributed by atoms with E-state index in [1.165, 1.54) is 12.1 Å². The third kappa shape index (κ3) is 5.06. The van der Waals surface area contributed by atoms with Crippen molar-refractivity contribution in [3.63, 3.8) is 0 Å². The van der Waals surface area contributed by atoms with E-state index in [1.807, 2.05) is 17.7 Å². The van der Waals surface area contributed by atoms with Crippen LogP contribution in [0.25, 0.3) is 10.9 Å². The standard InChI is InChI=1S/C25H33FN4O2S/c1-4-15-29(17-19-7-8-19)33(31,32)22-13-14-24-23(16-22)25(28(5-2)6-3)27-30(24)18-20-9-11-21(26)12-10-20/h9-14,16,19H,4-8,15,17-18H2,1-3H3. The molecule has 1 saturated carbocycles. The molecule has 0 saturated heterocycles. The van der Waals surface area contributed by atoms with E-state index in [2.05, 4.69) is 18.7 Å². The number of aromatic nitrogens is 2. The van der Waals surface area contributed by atoms with Gasteiger partial charge in [0.2, 0.25) is 10.0 Å². The summed E-state index contributed by atoms with van der Waals surface area (Å²) in [6, 6.07) is 11.7. The van der Waals surface area contributed by atoms with Gasteiger partial charge in [0.15, 0.2) is 5.82 Å². The molecule has 0 unspecified atom stereocenters. The van der Waals surface area contributed by atoms with Crippen LogP contribution < -0.4 is 4.90 Å². The topological polar surface area (TPSA) is 58.4 Å². The van der Waals surface area contributed by atoms with E-state index in [0.29, 0.717) is 30.4 Å². The fourth-order valence-corrected chi connectivity index (χ4v) is 5.87. The van der Waals surface area contributed by atoms with Gasteiger partial charge >= 0.3 is 0 Å². The van der Waals surface area contributed by atoms with E-state index in [1.54, 1.807) is 28.6 Å². The van der Waals surface area contributed by atoms with E-state index in [0.717, 1.165) is 54.6 Å². The fourth-order valence-electron chi connectivity index (χ4n) is 4.24. The lowest BCUT2D eigenvalue weighted by Crippen LogP contribution is -2.33. The molecule has 0 aliphatic heterocycles. The summed E-state index contributed by atoms with van der Waals surface area (Å²) < 4.78 is 43.9. The molecule has 0 radical (unpaired) electrons. The van der Waals surface area contributed by atoms with Gasteiger partial charge in [0.25, 0.3) is 0 Å². The van der Waals surface area contributed by atoms with Gasteiger partial charge in [-0.15, -0.1) is 0 Å². The highest BCUT2D eigenvalue weighted by Crippen LogP contribution is 2.34. The molecule has 6 nitrogen and oxygen atoms in total. The first-order valence-corrected chi connectivity index (χ1v) is 13.3. The molecular formula is C25H33FN4O2S. The van der Waals surface area contributed by atoms with E-state index in [-0.39, 0.29) is 5.82 Å². The van der Waals surface area contributed by atoms with E-state index in [9.17, 15) is 12.8 Å². The number of sulfonamides is 1. The Bertz CT molecular complexity index is 1200. The number of anilines is 1. The van der Waals surface area contributed by atoms with Crippen LogP contribution in [-0.4, -0.2) is 48.7 Å². The van der Waals surface area contributed by atoms with Gasteiger partial charge in [0.05, 0.1) is 17.0 Å². The summed E-state index contributed by atoms with van der Waals surface area (Å²) >= 11 is 0. The molecule has 33 heavy (non-hydrogen) atoms. The van der Waals surface area contributed by atoms with Crippen molar-refractivity contribution < 1.29 is 12.8 Å². The summed E-state index contributed by atoms with van der Waals surface area (Å²) in [5.74, 6) is 0.990. The Morgan fingerprint density at radius 3 is 2.36 bits per heavy atom. The number of rotatable bonds is 11. The SMILES string of the molecule is CCCN(CC1CC1)S(=O)(=O)c1ccc2c(c1)c(N(CC)CC)nn2Cc1ccc(F)cc1. The van der Waals surface area contributed by atoms with Gasteiger partial charge in [0.1, 0.15) is 5.82 Å². The molecule has 0 spiro atoms. The highest BCUT2D eigenvalue weighted by Gasteiger charge is 2.31. The number of halogens is 1. The summed E-state index contributed by atoms with van der Waals surface area (Å²) in [4.78, 5) is 2.45. The minimum atomic E-state index is -3.58. The fraction of sp³-hybridized carbons (Fsp3) is 0.480. The number of hydrogen-bond donors (Lipinski definition) is 0. The van der Waals surface area contributed by atoms with Crippen molar-refractivity contribution in [2.45, 2.75) is 51.5 Å². The number of benzene rings is 2. The molecule has 1 fully saturated rings. The first kappa shape index (κ1) is 23.7. The molecule has 3 aromatic rings. The Kier molecular flexibility index (Phi) is 7.05. The third-order valence-corrected chi connectivity index (χ3v) is 8.14. The summed E-state index contributed by atoms with van der Waals surface area (Å²) in [6.07, 6.45) is 3.00. The Morgan fingerprint density at radius 2 is 1.76 bits per heavy atom. The minimum absolute atomic E-state index is 0.273. The molecule has 1 aliphatic rings. The van der Waals surface area contributed by atoms with Crippen molar-refractivity contribution >= 4 is 26.7 Å². The first-order valence-electron chi connectivity index (χ1n) is 11.9. The van der Waals surface area contributed by atoms with Crippen molar-refractivity contribution in [2.24, 2.45) is 5.92 Å². The summed E-state index contributed by atoms with van der Waals surface area (Å²) in [5, 5.41) is 5.68. The number of fused-ring (bicyclic) bond motifs is 1. The predicted molar refractivity (Wildman–Crippen MR) is 131 cm³/mol. The van der Waals surface area contributed by atoms with Gasteiger partial charge in [0, 0.05) is 31.6 Å². The van der Waals surface area contributed by atoms with Crippen LogP contribution >= 0.6 is 0 Å². The van der Waals surface area contributed by atoms with Gasteiger partial charge in [-0.1, -0.05) is 19.1 Å². The molecule has 178 valence electrons. The van der Waals surface area contributed by atoms with Crippen molar-refractivity contribution in [3.8, 4) is 0 Å². The molecule has 8 heteroatoms. The molecule has 1 aromatic heterocycles. The largest absolute Gasteiger partial charge is 0.355 e. The van der Waals surface area contributed by atoms with Crippen molar-refractivity contribution in [1.82, 2.24) is 14.1 Å². The zero-order valence-electron chi connectivity index (χ0n) is 19.7. The molecule has 0 bridgehead atoms. The van der Waals surface area contributed by atoms with Gasteiger partial charge in [-0.2, -0.15) is 9.40 Å². The maximum absolute atomic E-state index is 13.5. The normalized spacial score (nSPS) is 14.3. The predicted octanol–water partition coefficient (Wildman–Crippen LogP) is 4.88. The molecule has 1 heterocycles. The lowest BCUT2D eigenvalue weighted by atomic mass is 10.2. The van der Waals surface area contributed by atoms with E-state index in [4.69, 9.17) is 5.10 Å². The van der Waals surface area contributed by atoms with Crippen molar-refractivity contribution in [2.75, 3.05) is 31.1 Å². The molecule has 1 aliphatic carbocycles. The summed E-state index contributed by atoms with van der Waals surface area (Å²) in [5.41, 5.74) is 1.80. The van der Waals surface area contributed by atoms with Crippen molar-refractivity contribution in [1.29, 1.82) is 0 Å². The second kappa shape index (κ2) is 9.81. The molecule has 0 N–H and O–H groups in total.